The second-order valence-electron chi connectivity index (χ2n) is 7.70. The van der Waals surface area contributed by atoms with Crippen LogP contribution in [0.2, 0.25) is 0 Å². The molecule has 1 atom stereocenters. The molecule has 7 nitrogen and oxygen atoms in total. The molecule has 1 N–H and O–H groups in total. The lowest BCUT2D eigenvalue weighted by atomic mass is 10.2. The molecular formula is C23H25N3O4S. The number of anilines is 2. The molecule has 0 aliphatic carbocycles. The lowest BCUT2D eigenvalue weighted by Crippen LogP contribution is -2.36. The van der Waals surface area contributed by atoms with E-state index in [1.807, 2.05) is 30.3 Å². The maximum atomic E-state index is 12.7. The van der Waals surface area contributed by atoms with E-state index in [1.165, 1.54) is 0 Å². The van der Waals surface area contributed by atoms with Crippen LogP contribution in [0, 0.1) is 0 Å². The SMILES string of the molecule is O=C(Nc1ccc2nc(N3CCOCC3)sc2c1)c1ccc(OC[C@@H]2CCCO2)cc1. The van der Waals surface area contributed by atoms with Gasteiger partial charge < -0.3 is 24.4 Å². The fourth-order valence-electron chi connectivity index (χ4n) is 3.75. The number of hydrogen-bond donors (Lipinski definition) is 1. The Labute approximate surface area is 184 Å². The summed E-state index contributed by atoms with van der Waals surface area (Å²) >= 11 is 1.64. The van der Waals surface area contributed by atoms with Gasteiger partial charge in [-0.05, 0) is 55.3 Å². The van der Waals surface area contributed by atoms with Crippen molar-refractivity contribution in [2.75, 3.05) is 49.7 Å². The molecule has 3 heterocycles. The van der Waals surface area contributed by atoms with Crippen LogP contribution in [0.5, 0.6) is 5.75 Å². The molecule has 1 amide bonds. The van der Waals surface area contributed by atoms with Crippen molar-refractivity contribution in [1.29, 1.82) is 0 Å². The summed E-state index contributed by atoms with van der Waals surface area (Å²) in [6, 6.07) is 13.0. The number of thiazole rings is 1. The molecule has 0 unspecified atom stereocenters. The van der Waals surface area contributed by atoms with Crippen LogP contribution in [0.25, 0.3) is 10.2 Å². The molecule has 0 saturated carbocycles. The maximum absolute atomic E-state index is 12.7. The molecule has 162 valence electrons. The van der Waals surface area contributed by atoms with Gasteiger partial charge in [0.1, 0.15) is 12.4 Å². The second-order valence-corrected chi connectivity index (χ2v) is 8.71. The highest BCUT2D eigenvalue weighted by Crippen LogP contribution is 2.31. The van der Waals surface area contributed by atoms with Crippen LogP contribution in [0.4, 0.5) is 10.8 Å². The number of aromatic nitrogens is 1. The quantitative estimate of drug-likeness (QED) is 0.627. The van der Waals surface area contributed by atoms with Gasteiger partial charge in [-0.1, -0.05) is 11.3 Å². The first-order valence-corrected chi connectivity index (χ1v) is 11.5. The summed E-state index contributed by atoms with van der Waals surface area (Å²) < 4.78 is 17.8. The summed E-state index contributed by atoms with van der Waals surface area (Å²) in [5.74, 6) is 0.594. The Hall–Kier alpha value is -2.68. The summed E-state index contributed by atoms with van der Waals surface area (Å²) in [4.78, 5) is 19.6. The largest absolute Gasteiger partial charge is 0.491 e. The van der Waals surface area contributed by atoms with Gasteiger partial charge in [-0.3, -0.25) is 4.79 Å². The highest BCUT2D eigenvalue weighted by molar-refractivity contribution is 7.22. The molecule has 8 heteroatoms. The first-order chi connectivity index (χ1) is 15.2. The smallest absolute Gasteiger partial charge is 0.255 e. The molecule has 31 heavy (non-hydrogen) atoms. The van der Waals surface area contributed by atoms with Gasteiger partial charge in [-0.25, -0.2) is 4.98 Å². The minimum Gasteiger partial charge on any atom is -0.491 e. The van der Waals surface area contributed by atoms with Crippen LogP contribution in [0.15, 0.2) is 42.5 Å². The predicted octanol–water partition coefficient (Wildman–Crippen LogP) is 3.94. The first-order valence-electron chi connectivity index (χ1n) is 10.6. The number of carbonyl (C=O) groups excluding carboxylic acids is 1. The number of rotatable bonds is 6. The van der Waals surface area contributed by atoms with Crippen LogP contribution < -0.4 is 15.0 Å². The zero-order valence-electron chi connectivity index (χ0n) is 17.2. The molecule has 3 aromatic rings. The zero-order chi connectivity index (χ0) is 21.0. The van der Waals surface area contributed by atoms with Crippen molar-refractivity contribution >= 4 is 38.3 Å². The first kappa shape index (κ1) is 20.2. The molecule has 2 aliphatic heterocycles. The van der Waals surface area contributed by atoms with Crippen LogP contribution >= 0.6 is 11.3 Å². The van der Waals surface area contributed by atoms with Gasteiger partial charge in [0.15, 0.2) is 5.13 Å². The molecule has 2 aromatic carbocycles. The van der Waals surface area contributed by atoms with E-state index in [0.717, 1.165) is 72.5 Å². The van der Waals surface area contributed by atoms with Gasteiger partial charge in [0.2, 0.25) is 0 Å². The monoisotopic (exact) mass is 439 g/mol. The van der Waals surface area contributed by atoms with E-state index in [4.69, 9.17) is 19.2 Å². The number of hydrogen-bond acceptors (Lipinski definition) is 7. The molecule has 0 bridgehead atoms. The van der Waals surface area contributed by atoms with Crippen LogP contribution in [0.1, 0.15) is 23.2 Å². The number of nitrogens with zero attached hydrogens (tertiary/aromatic N) is 2. The third-order valence-electron chi connectivity index (χ3n) is 5.49. The van der Waals surface area contributed by atoms with Crippen molar-refractivity contribution in [3.8, 4) is 5.75 Å². The maximum Gasteiger partial charge on any atom is 0.255 e. The Kier molecular flexibility index (Phi) is 6.01. The summed E-state index contributed by atoms with van der Waals surface area (Å²) in [6.45, 7) is 4.54. The van der Waals surface area contributed by atoms with Crippen molar-refractivity contribution in [3.05, 3.63) is 48.0 Å². The Bertz CT molecular complexity index is 1040. The number of amides is 1. The van der Waals surface area contributed by atoms with Crippen molar-refractivity contribution in [2.45, 2.75) is 18.9 Å². The third kappa shape index (κ3) is 4.81. The Morgan fingerprint density at radius 3 is 2.77 bits per heavy atom. The number of benzene rings is 2. The van der Waals surface area contributed by atoms with Gasteiger partial charge in [0, 0.05) is 30.9 Å². The highest BCUT2D eigenvalue weighted by atomic mass is 32.1. The fraction of sp³-hybridized carbons (Fsp3) is 0.391. The highest BCUT2D eigenvalue weighted by Gasteiger charge is 2.17. The van der Waals surface area contributed by atoms with Crippen LogP contribution in [-0.2, 0) is 9.47 Å². The van der Waals surface area contributed by atoms with Gasteiger partial charge in [-0.2, -0.15) is 0 Å². The zero-order valence-corrected chi connectivity index (χ0v) is 18.0. The average Bonchev–Trinajstić information content (AvgIpc) is 3.48. The van der Waals surface area contributed by atoms with E-state index in [2.05, 4.69) is 10.2 Å². The Morgan fingerprint density at radius 1 is 1.16 bits per heavy atom. The number of carbonyl (C=O) groups is 1. The van der Waals surface area contributed by atoms with Gasteiger partial charge in [-0.15, -0.1) is 0 Å². The van der Waals surface area contributed by atoms with Gasteiger partial charge in [0.05, 0.1) is 29.5 Å². The average molecular weight is 440 g/mol. The van der Waals surface area contributed by atoms with E-state index >= 15 is 0 Å². The lowest BCUT2D eigenvalue weighted by molar-refractivity contribution is 0.0679. The Balaban J connectivity index is 1.22. The number of ether oxygens (including phenoxy) is 3. The summed E-state index contributed by atoms with van der Waals surface area (Å²) in [5, 5.41) is 3.98. The van der Waals surface area contributed by atoms with E-state index in [-0.39, 0.29) is 12.0 Å². The molecule has 2 aliphatic rings. The molecule has 0 radical (unpaired) electrons. The topological polar surface area (TPSA) is 72.9 Å². The normalized spacial score (nSPS) is 19.0. The summed E-state index contributed by atoms with van der Waals surface area (Å²) in [6.07, 6.45) is 2.31. The fourth-order valence-corrected chi connectivity index (χ4v) is 4.81. The lowest BCUT2D eigenvalue weighted by Gasteiger charge is -2.25. The standard InChI is InChI=1S/C23H25N3O4S/c27-22(16-3-6-18(7-4-16)30-15-19-2-1-11-29-19)24-17-5-8-20-21(14-17)31-23(25-20)26-9-12-28-13-10-26/h3-8,14,19H,1-2,9-13,15H2,(H,24,27)/t19-/m0/s1. The van der Waals surface area contributed by atoms with Crippen molar-refractivity contribution in [2.24, 2.45) is 0 Å². The Morgan fingerprint density at radius 2 is 2.00 bits per heavy atom. The van der Waals surface area contributed by atoms with E-state index in [9.17, 15) is 4.79 Å². The minimum atomic E-state index is -0.150. The van der Waals surface area contributed by atoms with Crippen LogP contribution in [0.3, 0.4) is 0 Å². The molecule has 2 fully saturated rings. The molecule has 1 aromatic heterocycles. The number of fused-ring (bicyclic) bond motifs is 1. The number of morpholine rings is 1. The van der Waals surface area contributed by atoms with E-state index in [0.29, 0.717) is 12.2 Å². The second kappa shape index (κ2) is 9.21. The third-order valence-corrected chi connectivity index (χ3v) is 6.57. The molecule has 5 rings (SSSR count). The molecular weight excluding hydrogens is 414 g/mol. The predicted molar refractivity (Wildman–Crippen MR) is 122 cm³/mol. The van der Waals surface area contributed by atoms with E-state index < -0.39 is 0 Å². The van der Waals surface area contributed by atoms with Crippen LogP contribution in [-0.4, -0.2) is 56.5 Å². The van der Waals surface area contributed by atoms with Crippen molar-refractivity contribution in [3.63, 3.8) is 0 Å². The van der Waals surface area contributed by atoms with Crippen molar-refractivity contribution in [1.82, 2.24) is 4.98 Å². The van der Waals surface area contributed by atoms with Crippen molar-refractivity contribution < 1.29 is 19.0 Å². The minimum absolute atomic E-state index is 0.150. The van der Waals surface area contributed by atoms with Gasteiger partial charge in [0.25, 0.3) is 5.91 Å². The molecule has 2 saturated heterocycles. The summed E-state index contributed by atoms with van der Waals surface area (Å²) in [5.41, 5.74) is 2.29. The van der Waals surface area contributed by atoms with Gasteiger partial charge >= 0.3 is 0 Å². The van der Waals surface area contributed by atoms with E-state index in [1.54, 1.807) is 23.5 Å². The number of nitrogens with one attached hydrogen (secondary N) is 1. The summed E-state index contributed by atoms with van der Waals surface area (Å²) in [7, 11) is 0. The molecule has 0 spiro atoms.